The lowest BCUT2D eigenvalue weighted by Crippen LogP contribution is -2.54. The standard InChI is InChI=1S/C17H22O6SSi/c1-20-15-7-9-16(10-8-15)24(18,19)13-14-5-11-17(12-6-14)25(21-2,22-3)23-4/h5-12H,13H2,1-4H3. The van der Waals surface area contributed by atoms with Crippen molar-refractivity contribution in [1.82, 2.24) is 0 Å². The summed E-state index contributed by atoms with van der Waals surface area (Å²) in [6.07, 6.45) is 0. The van der Waals surface area contributed by atoms with Gasteiger partial charge in [-0.05, 0) is 29.8 Å². The highest BCUT2D eigenvalue weighted by Crippen LogP contribution is 2.20. The predicted octanol–water partition coefficient (Wildman–Crippen LogP) is 1.75. The number of hydrogen-bond donors (Lipinski definition) is 0. The van der Waals surface area contributed by atoms with Gasteiger partial charge in [0, 0.05) is 26.5 Å². The molecule has 0 heterocycles. The number of rotatable bonds is 8. The van der Waals surface area contributed by atoms with Crippen molar-refractivity contribution in [1.29, 1.82) is 0 Å². The molecule has 0 atom stereocenters. The third kappa shape index (κ3) is 4.28. The zero-order valence-corrected chi connectivity index (χ0v) is 16.5. The molecule has 0 saturated carbocycles. The minimum atomic E-state index is -3.44. The predicted molar refractivity (Wildman–Crippen MR) is 96.7 cm³/mol. The van der Waals surface area contributed by atoms with E-state index in [1.165, 1.54) is 28.4 Å². The number of hydrogen-bond acceptors (Lipinski definition) is 6. The molecular formula is C17H22O6SSi. The van der Waals surface area contributed by atoms with E-state index in [-0.39, 0.29) is 10.6 Å². The van der Waals surface area contributed by atoms with Crippen LogP contribution in [0.3, 0.4) is 0 Å². The normalized spacial score (nSPS) is 12.2. The Bertz CT molecular complexity index is 775. The zero-order valence-electron chi connectivity index (χ0n) is 14.7. The van der Waals surface area contributed by atoms with Crippen LogP contribution in [0.5, 0.6) is 5.75 Å². The Kier molecular flexibility index (Phi) is 6.36. The van der Waals surface area contributed by atoms with E-state index in [2.05, 4.69) is 0 Å². The first-order valence-electron chi connectivity index (χ1n) is 7.52. The molecule has 0 unspecified atom stereocenters. The SMILES string of the molecule is COc1ccc(S(=O)(=O)Cc2ccc([Si](OC)(OC)OC)cc2)cc1. The lowest BCUT2D eigenvalue weighted by atomic mass is 10.2. The second kappa shape index (κ2) is 8.11. The van der Waals surface area contributed by atoms with Crippen molar-refractivity contribution >= 4 is 23.8 Å². The zero-order chi connectivity index (χ0) is 18.5. The lowest BCUT2D eigenvalue weighted by molar-refractivity contribution is 0.140. The molecule has 0 aromatic heterocycles. The van der Waals surface area contributed by atoms with Crippen molar-refractivity contribution in [2.24, 2.45) is 0 Å². The first kappa shape index (κ1) is 19.6. The summed E-state index contributed by atoms with van der Waals surface area (Å²) in [5.74, 6) is 0.518. The number of methoxy groups -OCH3 is 1. The van der Waals surface area contributed by atoms with Crippen LogP contribution in [0.1, 0.15) is 5.56 Å². The third-order valence-electron chi connectivity index (χ3n) is 3.89. The second-order valence-electron chi connectivity index (χ2n) is 5.30. The van der Waals surface area contributed by atoms with Gasteiger partial charge in [-0.1, -0.05) is 24.3 Å². The molecule has 0 bridgehead atoms. The minimum absolute atomic E-state index is 0.0961. The van der Waals surface area contributed by atoms with Crippen LogP contribution in [0.15, 0.2) is 53.4 Å². The van der Waals surface area contributed by atoms with Crippen LogP contribution in [-0.4, -0.2) is 45.7 Å². The molecule has 8 heteroatoms. The molecule has 0 spiro atoms. The molecule has 25 heavy (non-hydrogen) atoms. The summed E-state index contributed by atoms with van der Waals surface area (Å²) in [4.78, 5) is 0.256. The molecule has 6 nitrogen and oxygen atoms in total. The van der Waals surface area contributed by atoms with Crippen molar-refractivity contribution in [3.8, 4) is 5.75 Å². The molecule has 0 radical (unpaired) electrons. The van der Waals surface area contributed by atoms with Crippen LogP contribution >= 0.6 is 0 Å². The van der Waals surface area contributed by atoms with E-state index < -0.39 is 18.6 Å². The van der Waals surface area contributed by atoms with Gasteiger partial charge >= 0.3 is 8.80 Å². The average Bonchev–Trinajstić information content (AvgIpc) is 2.64. The van der Waals surface area contributed by atoms with Gasteiger partial charge in [-0.15, -0.1) is 0 Å². The Morgan fingerprint density at radius 2 is 1.32 bits per heavy atom. The molecule has 0 aliphatic carbocycles. The first-order chi connectivity index (χ1) is 11.9. The van der Waals surface area contributed by atoms with E-state index >= 15 is 0 Å². The van der Waals surface area contributed by atoms with Crippen molar-refractivity contribution in [3.63, 3.8) is 0 Å². The summed E-state index contributed by atoms with van der Waals surface area (Å²) >= 11 is 0. The van der Waals surface area contributed by atoms with Gasteiger partial charge in [-0.25, -0.2) is 8.42 Å². The Morgan fingerprint density at radius 3 is 1.76 bits per heavy atom. The van der Waals surface area contributed by atoms with Gasteiger partial charge in [-0.2, -0.15) is 0 Å². The first-order valence-corrected chi connectivity index (χ1v) is 10.9. The van der Waals surface area contributed by atoms with Gasteiger partial charge in [0.1, 0.15) is 5.75 Å². The molecule has 0 saturated heterocycles. The van der Waals surface area contributed by atoms with E-state index in [4.69, 9.17) is 18.0 Å². The molecule has 2 rings (SSSR count). The Morgan fingerprint density at radius 1 is 0.800 bits per heavy atom. The number of sulfone groups is 1. The average molecular weight is 383 g/mol. The molecule has 0 N–H and O–H groups in total. The molecule has 2 aromatic rings. The molecule has 0 amide bonds. The van der Waals surface area contributed by atoms with Crippen LogP contribution in [0.2, 0.25) is 0 Å². The van der Waals surface area contributed by atoms with Gasteiger partial charge in [-0.3, -0.25) is 0 Å². The van der Waals surface area contributed by atoms with Gasteiger partial charge in [0.25, 0.3) is 0 Å². The highest BCUT2D eigenvalue weighted by molar-refractivity contribution is 7.90. The fraction of sp³-hybridized carbons (Fsp3) is 0.294. The monoisotopic (exact) mass is 382 g/mol. The van der Waals surface area contributed by atoms with E-state index in [1.54, 1.807) is 48.5 Å². The summed E-state index contributed by atoms with van der Waals surface area (Å²) in [6.45, 7) is 0. The summed E-state index contributed by atoms with van der Waals surface area (Å²) in [5, 5.41) is 0.769. The van der Waals surface area contributed by atoms with Crippen LogP contribution in [0.4, 0.5) is 0 Å². The van der Waals surface area contributed by atoms with Crippen LogP contribution in [0.25, 0.3) is 0 Å². The van der Waals surface area contributed by atoms with Gasteiger partial charge in [0.05, 0.1) is 17.8 Å². The van der Waals surface area contributed by atoms with Gasteiger partial charge in [0.2, 0.25) is 0 Å². The van der Waals surface area contributed by atoms with Crippen molar-refractivity contribution < 1.29 is 26.4 Å². The van der Waals surface area contributed by atoms with E-state index in [0.29, 0.717) is 11.3 Å². The third-order valence-corrected chi connectivity index (χ3v) is 8.25. The van der Waals surface area contributed by atoms with Crippen LogP contribution < -0.4 is 9.92 Å². The molecule has 2 aromatic carbocycles. The quantitative estimate of drug-likeness (QED) is 0.648. The van der Waals surface area contributed by atoms with Crippen molar-refractivity contribution in [3.05, 3.63) is 54.1 Å². The maximum absolute atomic E-state index is 12.5. The second-order valence-corrected chi connectivity index (χ2v) is 10.2. The number of ether oxygens (including phenoxy) is 1. The maximum Gasteiger partial charge on any atom is 0.536 e. The molecule has 0 aliphatic heterocycles. The van der Waals surface area contributed by atoms with E-state index in [0.717, 1.165) is 5.19 Å². The molecule has 0 fully saturated rings. The van der Waals surface area contributed by atoms with Crippen LogP contribution in [0, 0.1) is 0 Å². The molecule has 136 valence electrons. The fourth-order valence-electron chi connectivity index (χ4n) is 2.49. The van der Waals surface area contributed by atoms with Crippen molar-refractivity contribution in [2.75, 3.05) is 28.4 Å². The molecule has 0 aliphatic rings. The van der Waals surface area contributed by atoms with Crippen molar-refractivity contribution in [2.45, 2.75) is 10.6 Å². The highest BCUT2D eigenvalue weighted by Gasteiger charge is 2.40. The van der Waals surface area contributed by atoms with Crippen LogP contribution in [-0.2, 0) is 28.9 Å². The number of benzene rings is 2. The largest absolute Gasteiger partial charge is 0.536 e. The molecular weight excluding hydrogens is 360 g/mol. The van der Waals surface area contributed by atoms with E-state index in [9.17, 15) is 8.42 Å². The lowest BCUT2D eigenvalue weighted by Gasteiger charge is -2.24. The summed E-state index contributed by atoms with van der Waals surface area (Å²) < 4.78 is 46.4. The summed E-state index contributed by atoms with van der Waals surface area (Å²) in [6, 6.07) is 13.4. The topological polar surface area (TPSA) is 71.1 Å². The maximum atomic E-state index is 12.5. The van der Waals surface area contributed by atoms with Gasteiger partial charge in [0.15, 0.2) is 9.84 Å². The Hall–Kier alpha value is -1.71. The van der Waals surface area contributed by atoms with Gasteiger partial charge < -0.3 is 18.0 Å². The van der Waals surface area contributed by atoms with E-state index in [1.807, 2.05) is 0 Å². The highest BCUT2D eigenvalue weighted by atomic mass is 32.2. The smallest absolute Gasteiger partial charge is 0.497 e. The fourth-order valence-corrected chi connectivity index (χ4v) is 5.63. The Balaban J connectivity index is 2.22. The summed E-state index contributed by atoms with van der Waals surface area (Å²) in [5.41, 5.74) is 0.672. The minimum Gasteiger partial charge on any atom is -0.497 e. The summed E-state index contributed by atoms with van der Waals surface area (Å²) in [7, 11) is -0.231. The Labute approximate surface area is 149 Å².